The third-order valence-corrected chi connectivity index (χ3v) is 7.49. The quantitative estimate of drug-likeness (QED) is 0.812. The van der Waals surface area contributed by atoms with Gasteiger partial charge in [-0.2, -0.15) is 0 Å². The summed E-state index contributed by atoms with van der Waals surface area (Å²) in [6.45, 7) is 1.73. The third kappa shape index (κ3) is 2.92. The summed E-state index contributed by atoms with van der Waals surface area (Å²) in [6, 6.07) is 13.0. The van der Waals surface area contributed by atoms with Crippen molar-refractivity contribution in [2.75, 3.05) is 13.7 Å². The molecule has 2 aromatic carbocycles. The summed E-state index contributed by atoms with van der Waals surface area (Å²) < 4.78 is 31.5. The lowest BCUT2D eigenvalue weighted by Gasteiger charge is -2.12. The molecule has 1 fully saturated rings. The highest BCUT2D eigenvalue weighted by molar-refractivity contribution is 7.92. The highest BCUT2D eigenvalue weighted by Crippen LogP contribution is 2.64. The highest BCUT2D eigenvalue weighted by Gasteiger charge is 2.76. The molecule has 0 heterocycles. The van der Waals surface area contributed by atoms with Crippen molar-refractivity contribution in [3.63, 3.8) is 0 Å². The molecular weight excluding hydrogens is 376 g/mol. The largest absolute Gasteiger partial charge is 0.481 e. The fraction of sp³-hybridized carbons (Fsp3) is 0.316. The smallest absolute Gasteiger partial charge is 0.314 e. The topological polar surface area (TPSA) is 80.7 Å². The van der Waals surface area contributed by atoms with E-state index in [4.69, 9.17) is 16.3 Å². The molecule has 3 rings (SSSR count). The van der Waals surface area contributed by atoms with Crippen molar-refractivity contribution in [2.45, 2.75) is 23.0 Å². The Morgan fingerprint density at radius 1 is 1.15 bits per heavy atom. The van der Waals surface area contributed by atoms with E-state index in [-0.39, 0.29) is 11.5 Å². The maximum absolute atomic E-state index is 13.2. The second kappa shape index (κ2) is 6.68. The number of carboxylic acids is 1. The van der Waals surface area contributed by atoms with Gasteiger partial charge in [0.2, 0.25) is 0 Å². The Bertz CT molecular complexity index is 921. The average Bonchev–Trinajstić information content (AvgIpc) is 3.27. The van der Waals surface area contributed by atoms with E-state index in [1.807, 2.05) is 19.1 Å². The van der Waals surface area contributed by atoms with Crippen LogP contribution in [0.25, 0.3) is 0 Å². The van der Waals surface area contributed by atoms with Gasteiger partial charge in [-0.3, -0.25) is 4.79 Å². The summed E-state index contributed by atoms with van der Waals surface area (Å²) in [5.41, 5.74) is 0.180. The number of rotatable bonds is 6. The van der Waals surface area contributed by atoms with Crippen LogP contribution in [0.5, 0.6) is 0 Å². The van der Waals surface area contributed by atoms with E-state index in [2.05, 4.69) is 0 Å². The van der Waals surface area contributed by atoms with Crippen LogP contribution in [0.4, 0.5) is 0 Å². The minimum Gasteiger partial charge on any atom is -0.481 e. The Morgan fingerprint density at radius 2 is 1.73 bits per heavy atom. The van der Waals surface area contributed by atoms with Crippen LogP contribution < -0.4 is 0 Å². The van der Waals surface area contributed by atoms with Gasteiger partial charge in [-0.25, -0.2) is 8.42 Å². The van der Waals surface area contributed by atoms with E-state index in [9.17, 15) is 18.3 Å². The van der Waals surface area contributed by atoms with Crippen molar-refractivity contribution in [2.24, 2.45) is 5.41 Å². The number of sulfone groups is 1. The fourth-order valence-corrected chi connectivity index (χ4v) is 6.09. The van der Waals surface area contributed by atoms with Gasteiger partial charge in [0.25, 0.3) is 0 Å². The standard InChI is InChI=1S/C19H19ClO5S/c1-12-3-5-13(6-4-12)16-17(19(16,11-25-2)18(21)22)26(23,24)15-9-7-14(20)8-10-15/h3-10,16-17H,11H2,1-2H3,(H,21,22)/t16-,17+,19-/m1/s1. The van der Waals surface area contributed by atoms with E-state index in [1.165, 1.54) is 31.4 Å². The van der Waals surface area contributed by atoms with Crippen LogP contribution in [0.2, 0.25) is 5.02 Å². The van der Waals surface area contributed by atoms with Gasteiger partial charge in [0, 0.05) is 18.1 Å². The highest BCUT2D eigenvalue weighted by atomic mass is 35.5. The number of carboxylic acid groups (broad SMARTS) is 1. The first-order valence-electron chi connectivity index (χ1n) is 8.03. The van der Waals surface area contributed by atoms with Gasteiger partial charge >= 0.3 is 5.97 Å². The minimum absolute atomic E-state index is 0.0586. The molecule has 0 aliphatic heterocycles. The fourth-order valence-electron chi connectivity index (χ4n) is 3.60. The molecule has 1 saturated carbocycles. The number of hydrogen-bond donors (Lipinski definition) is 1. The van der Waals surface area contributed by atoms with Gasteiger partial charge in [-0.05, 0) is 36.8 Å². The van der Waals surface area contributed by atoms with Crippen molar-refractivity contribution >= 4 is 27.4 Å². The molecule has 1 N–H and O–H groups in total. The Morgan fingerprint density at radius 3 is 2.23 bits per heavy atom. The Labute approximate surface area is 157 Å². The summed E-state index contributed by atoms with van der Waals surface area (Å²) in [5, 5.41) is 9.19. The predicted molar refractivity (Wildman–Crippen MR) is 98.3 cm³/mol. The van der Waals surface area contributed by atoms with Crippen molar-refractivity contribution < 1.29 is 23.1 Å². The SMILES string of the molecule is COC[C@@]1(C(=O)O)[C@H](c2ccc(C)cc2)[C@@H]1S(=O)(=O)c1ccc(Cl)cc1. The van der Waals surface area contributed by atoms with Gasteiger partial charge < -0.3 is 9.84 Å². The summed E-state index contributed by atoms with van der Waals surface area (Å²) >= 11 is 5.84. The molecule has 0 saturated heterocycles. The zero-order valence-electron chi connectivity index (χ0n) is 14.3. The molecule has 3 atom stereocenters. The number of methoxy groups -OCH3 is 1. The molecule has 0 radical (unpaired) electrons. The van der Waals surface area contributed by atoms with Gasteiger partial charge in [0.05, 0.1) is 16.8 Å². The lowest BCUT2D eigenvalue weighted by atomic mass is 9.99. The van der Waals surface area contributed by atoms with Crippen LogP contribution in [0, 0.1) is 12.3 Å². The van der Waals surface area contributed by atoms with Crippen LogP contribution in [-0.2, 0) is 19.4 Å². The van der Waals surface area contributed by atoms with Gasteiger partial charge in [0.1, 0.15) is 5.41 Å². The van der Waals surface area contributed by atoms with Crippen molar-refractivity contribution in [1.29, 1.82) is 0 Å². The first-order chi connectivity index (χ1) is 12.2. The summed E-state index contributed by atoms with van der Waals surface area (Å²) in [4.78, 5) is 12.2. The first-order valence-corrected chi connectivity index (χ1v) is 9.96. The van der Waals surface area contributed by atoms with Crippen LogP contribution in [0.15, 0.2) is 53.4 Å². The molecule has 26 heavy (non-hydrogen) atoms. The van der Waals surface area contributed by atoms with E-state index < -0.39 is 32.4 Å². The molecule has 2 aromatic rings. The van der Waals surface area contributed by atoms with E-state index in [0.717, 1.165) is 5.56 Å². The van der Waals surface area contributed by atoms with E-state index >= 15 is 0 Å². The molecule has 138 valence electrons. The van der Waals surface area contributed by atoms with Crippen LogP contribution in [-0.4, -0.2) is 38.5 Å². The molecule has 0 bridgehead atoms. The maximum Gasteiger partial charge on any atom is 0.314 e. The zero-order chi connectivity index (χ0) is 19.1. The maximum atomic E-state index is 13.2. The van der Waals surface area contributed by atoms with Crippen molar-refractivity contribution in [1.82, 2.24) is 0 Å². The Kier molecular flexibility index (Phi) is 4.86. The predicted octanol–water partition coefficient (Wildman–Crippen LogP) is 3.31. The van der Waals surface area contributed by atoms with E-state index in [1.54, 1.807) is 12.1 Å². The van der Waals surface area contributed by atoms with Crippen molar-refractivity contribution in [3.05, 3.63) is 64.7 Å². The number of ether oxygens (including phenoxy) is 1. The zero-order valence-corrected chi connectivity index (χ0v) is 15.9. The second-order valence-electron chi connectivity index (χ2n) is 6.59. The van der Waals surface area contributed by atoms with Crippen molar-refractivity contribution in [3.8, 4) is 0 Å². The molecular formula is C19H19ClO5S. The Balaban J connectivity index is 2.11. The molecule has 1 aliphatic carbocycles. The monoisotopic (exact) mass is 394 g/mol. The van der Waals surface area contributed by atoms with Crippen LogP contribution >= 0.6 is 11.6 Å². The summed E-state index contributed by atoms with van der Waals surface area (Å²) in [5.74, 6) is -1.85. The minimum atomic E-state index is -3.88. The molecule has 0 amide bonds. The number of carbonyl (C=O) groups is 1. The first kappa shape index (κ1) is 18.9. The van der Waals surface area contributed by atoms with Gasteiger partial charge in [0.15, 0.2) is 9.84 Å². The number of benzene rings is 2. The molecule has 7 heteroatoms. The van der Waals surface area contributed by atoms with Gasteiger partial charge in [-0.15, -0.1) is 0 Å². The summed E-state index contributed by atoms with van der Waals surface area (Å²) in [7, 11) is -2.51. The number of aliphatic carboxylic acids is 1. The number of aryl methyl sites for hydroxylation is 1. The van der Waals surface area contributed by atoms with Gasteiger partial charge in [-0.1, -0.05) is 41.4 Å². The summed E-state index contributed by atoms with van der Waals surface area (Å²) in [6.07, 6.45) is 0. The van der Waals surface area contributed by atoms with Crippen LogP contribution in [0.1, 0.15) is 17.0 Å². The van der Waals surface area contributed by atoms with Crippen LogP contribution in [0.3, 0.4) is 0 Å². The number of hydrogen-bond acceptors (Lipinski definition) is 4. The molecule has 0 unspecified atom stereocenters. The Hall–Kier alpha value is -1.89. The number of halogens is 1. The normalized spacial score (nSPS) is 25.0. The lowest BCUT2D eigenvalue weighted by molar-refractivity contribution is -0.145. The second-order valence-corrected chi connectivity index (χ2v) is 9.09. The lowest BCUT2D eigenvalue weighted by Crippen LogP contribution is -2.28. The van der Waals surface area contributed by atoms with E-state index in [0.29, 0.717) is 10.6 Å². The average molecular weight is 395 g/mol. The molecule has 5 nitrogen and oxygen atoms in total. The molecule has 1 aliphatic rings. The third-order valence-electron chi connectivity index (χ3n) is 4.95. The molecule has 0 spiro atoms. The molecule has 0 aromatic heterocycles.